The molecule has 1 aliphatic rings. The van der Waals surface area contributed by atoms with Crippen LogP contribution in [0.15, 0.2) is 18.3 Å². The predicted molar refractivity (Wildman–Crippen MR) is 121 cm³/mol. The summed E-state index contributed by atoms with van der Waals surface area (Å²) in [6.07, 6.45) is 2.81. The first-order valence-corrected chi connectivity index (χ1v) is 10.3. The number of H-pyrrole nitrogens is 1. The first-order valence-electron chi connectivity index (χ1n) is 10.3. The van der Waals surface area contributed by atoms with Crippen molar-refractivity contribution >= 4 is 34.3 Å². The van der Waals surface area contributed by atoms with Gasteiger partial charge in [0.25, 0.3) is 0 Å². The molecule has 1 saturated heterocycles. The van der Waals surface area contributed by atoms with Gasteiger partial charge in [-0.25, -0.2) is 0 Å². The first kappa shape index (κ1) is 20.2. The van der Waals surface area contributed by atoms with Crippen LogP contribution in [-0.2, 0) is 0 Å². The third-order valence-corrected chi connectivity index (χ3v) is 5.10. The van der Waals surface area contributed by atoms with E-state index in [0.29, 0.717) is 23.9 Å². The maximum Gasteiger partial charge on any atom is 0.233 e. The zero-order chi connectivity index (χ0) is 21.3. The minimum atomic E-state index is 0.0913. The largest absolute Gasteiger partial charge is 0.494 e. The molecule has 1 aliphatic heterocycles. The Kier molecular flexibility index (Phi) is 5.38. The van der Waals surface area contributed by atoms with Gasteiger partial charge in [-0.3, -0.25) is 0 Å². The molecule has 3 heterocycles. The van der Waals surface area contributed by atoms with E-state index in [1.54, 1.807) is 6.20 Å². The molecule has 3 aromatic rings. The van der Waals surface area contributed by atoms with Crippen molar-refractivity contribution in [3.05, 3.63) is 23.9 Å². The van der Waals surface area contributed by atoms with E-state index < -0.39 is 0 Å². The van der Waals surface area contributed by atoms with Gasteiger partial charge in [0, 0.05) is 36.1 Å². The highest BCUT2D eigenvalue weighted by Crippen LogP contribution is 2.33. The Hall–Kier alpha value is -3.07. The molecule has 0 amide bonds. The van der Waals surface area contributed by atoms with Crippen molar-refractivity contribution in [3.63, 3.8) is 0 Å². The predicted octanol–water partition coefficient (Wildman–Crippen LogP) is 3.34. The zero-order valence-corrected chi connectivity index (χ0v) is 17.9. The Morgan fingerprint density at radius 2 is 1.87 bits per heavy atom. The van der Waals surface area contributed by atoms with Crippen LogP contribution in [0, 0.1) is 12.3 Å². The van der Waals surface area contributed by atoms with Gasteiger partial charge >= 0.3 is 0 Å². The lowest BCUT2D eigenvalue weighted by Crippen LogP contribution is -2.25. The van der Waals surface area contributed by atoms with Gasteiger partial charge in [0.2, 0.25) is 17.8 Å². The second kappa shape index (κ2) is 7.98. The smallest absolute Gasteiger partial charge is 0.233 e. The number of aromatic amines is 1. The standard InChI is InChI=1S/C21H30N8O/c1-12-5-6-14-15(10-23-17(14)30)16(12)26-20-28-18(24-11-21(2,3)4)27-19(29-20)25-13-7-8-22-9-13/h5-6,10,13,22-23,30H,7-9,11H2,1-4H3,(H3,24,25,26,27,28,29)/t13-/m0/s1. The van der Waals surface area contributed by atoms with Gasteiger partial charge < -0.3 is 31.4 Å². The van der Waals surface area contributed by atoms with Crippen LogP contribution in [0.1, 0.15) is 32.8 Å². The fraction of sp³-hybridized carbons (Fsp3) is 0.476. The van der Waals surface area contributed by atoms with Crippen molar-refractivity contribution in [2.45, 2.75) is 40.2 Å². The Balaban J connectivity index is 1.66. The van der Waals surface area contributed by atoms with Gasteiger partial charge in [-0.15, -0.1) is 0 Å². The fourth-order valence-electron chi connectivity index (χ4n) is 3.46. The highest BCUT2D eigenvalue weighted by Gasteiger charge is 2.18. The van der Waals surface area contributed by atoms with Crippen LogP contribution in [0.3, 0.4) is 0 Å². The molecule has 160 valence electrons. The lowest BCUT2D eigenvalue weighted by Gasteiger charge is -2.20. The molecule has 0 radical (unpaired) electrons. The molecule has 1 fully saturated rings. The summed E-state index contributed by atoms with van der Waals surface area (Å²) in [5.74, 6) is 1.66. The van der Waals surface area contributed by atoms with Gasteiger partial charge in [0.15, 0.2) is 5.88 Å². The highest BCUT2D eigenvalue weighted by atomic mass is 16.3. The van der Waals surface area contributed by atoms with E-state index in [1.807, 2.05) is 19.1 Å². The van der Waals surface area contributed by atoms with Crippen LogP contribution in [0.25, 0.3) is 10.8 Å². The summed E-state index contributed by atoms with van der Waals surface area (Å²) in [7, 11) is 0. The van der Waals surface area contributed by atoms with Gasteiger partial charge in [-0.1, -0.05) is 26.8 Å². The number of hydrogen-bond donors (Lipinski definition) is 6. The maximum atomic E-state index is 10.0. The lowest BCUT2D eigenvalue weighted by molar-refractivity contribution is 0.441. The normalized spacial score (nSPS) is 16.7. The summed E-state index contributed by atoms with van der Waals surface area (Å²) in [5.41, 5.74) is 1.97. The Labute approximate surface area is 176 Å². The average molecular weight is 411 g/mol. The SMILES string of the molecule is Cc1ccc2c(O)[nH]cc2c1Nc1nc(NCC(C)(C)C)nc(N[C@H]2CCNC2)n1. The minimum absolute atomic E-state index is 0.0913. The molecule has 9 nitrogen and oxygen atoms in total. The van der Waals surface area contributed by atoms with Crippen molar-refractivity contribution in [2.24, 2.45) is 5.41 Å². The Bertz CT molecular complexity index is 1030. The number of nitrogens with one attached hydrogen (secondary N) is 5. The molecule has 0 aliphatic carbocycles. The summed E-state index contributed by atoms with van der Waals surface area (Å²) in [6, 6.07) is 4.15. The van der Waals surface area contributed by atoms with Crippen molar-refractivity contribution in [3.8, 4) is 5.88 Å². The van der Waals surface area contributed by atoms with Crippen LogP contribution in [0.5, 0.6) is 5.88 Å². The van der Waals surface area contributed by atoms with Gasteiger partial charge in [0.1, 0.15) is 0 Å². The van der Waals surface area contributed by atoms with Crippen LogP contribution in [0.4, 0.5) is 23.5 Å². The molecule has 0 bridgehead atoms. The average Bonchev–Trinajstić information content (AvgIpc) is 3.32. The van der Waals surface area contributed by atoms with Gasteiger partial charge in [-0.2, -0.15) is 15.0 Å². The minimum Gasteiger partial charge on any atom is -0.494 e. The number of fused-ring (bicyclic) bond motifs is 1. The Morgan fingerprint density at radius 1 is 1.10 bits per heavy atom. The molecular weight excluding hydrogens is 380 g/mol. The van der Waals surface area contributed by atoms with E-state index >= 15 is 0 Å². The molecule has 1 atom stereocenters. The van der Waals surface area contributed by atoms with Crippen LogP contribution in [-0.4, -0.2) is 50.7 Å². The molecule has 2 aromatic heterocycles. The number of anilines is 4. The van der Waals surface area contributed by atoms with Crippen molar-refractivity contribution < 1.29 is 5.11 Å². The lowest BCUT2D eigenvalue weighted by atomic mass is 9.97. The summed E-state index contributed by atoms with van der Waals surface area (Å²) in [6.45, 7) is 11.1. The van der Waals surface area contributed by atoms with Crippen molar-refractivity contribution in [2.75, 3.05) is 35.6 Å². The maximum absolute atomic E-state index is 10.0. The third kappa shape index (κ3) is 4.56. The number of rotatable bonds is 6. The summed E-state index contributed by atoms with van der Waals surface area (Å²) >= 11 is 0. The zero-order valence-electron chi connectivity index (χ0n) is 17.9. The van der Waals surface area contributed by atoms with Crippen LogP contribution >= 0.6 is 0 Å². The number of nitrogens with zero attached hydrogens (tertiary/aromatic N) is 3. The second-order valence-corrected chi connectivity index (χ2v) is 9.04. The van der Waals surface area contributed by atoms with Gasteiger partial charge in [-0.05, 0) is 36.9 Å². The third-order valence-electron chi connectivity index (χ3n) is 5.10. The van der Waals surface area contributed by atoms with E-state index in [9.17, 15) is 5.11 Å². The number of aryl methyl sites for hydroxylation is 1. The topological polar surface area (TPSA) is 123 Å². The van der Waals surface area contributed by atoms with E-state index in [2.05, 4.69) is 62.0 Å². The quantitative estimate of drug-likeness (QED) is 0.366. The number of benzene rings is 1. The summed E-state index contributed by atoms with van der Waals surface area (Å²) < 4.78 is 0. The second-order valence-electron chi connectivity index (χ2n) is 9.04. The highest BCUT2D eigenvalue weighted by molar-refractivity contribution is 5.99. The molecule has 0 spiro atoms. The fourth-order valence-corrected chi connectivity index (χ4v) is 3.46. The first-order chi connectivity index (χ1) is 14.3. The molecule has 6 N–H and O–H groups in total. The van der Waals surface area contributed by atoms with Crippen LogP contribution < -0.4 is 21.3 Å². The van der Waals surface area contributed by atoms with Gasteiger partial charge in [0.05, 0.1) is 5.69 Å². The monoisotopic (exact) mass is 410 g/mol. The summed E-state index contributed by atoms with van der Waals surface area (Å²) in [5, 5.41) is 25.1. The summed E-state index contributed by atoms with van der Waals surface area (Å²) in [4.78, 5) is 16.6. The Morgan fingerprint density at radius 3 is 2.60 bits per heavy atom. The van der Waals surface area contributed by atoms with Crippen molar-refractivity contribution in [1.82, 2.24) is 25.3 Å². The number of aromatic nitrogens is 4. The van der Waals surface area contributed by atoms with E-state index in [1.165, 1.54) is 0 Å². The molecule has 9 heteroatoms. The number of aromatic hydroxyl groups is 1. The van der Waals surface area contributed by atoms with Crippen molar-refractivity contribution in [1.29, 1.82) is 0 Å². The molecule has 0 saturated carbocycles. The molecule has 1 aromatic carbocycles. The number of hydrogen-bond acceptors (Lipinski definition) is 8. The molecule has 4 rings (SSSR count). The van der Waals surface area contributed by atoms with E-state index in [4.69, 9.17) is 0 Å². The van der Waals surface area contributed by atoms with Crippen LogP contribution in [0.2, 0.25) is 0 Å². The molecule has 30 heavy (non-hydrogen) atoms. The molecule has 0 unspecified atom stereocenters. The van der Waals surface area contributed by atoms with E-state index in [0.717, 1.165) is 48.1 Å². The molecular formula is C21H30N8O. The van der Waals surface area contributed by atoms with E-state index in [-0.39, 0.29) is 11.3 Å².